The molecule has 0 unspecified atom stereocenters. The number of carbonyl (C=O) groups is 1. The van der Waals surface area contributed by atoms with Gasteiger partial charge in [0.2, 0.25) is 0 Å². The predicted octanol–water partition coefficient (Wildman–Crippen LogP) is 3.00. The lowest BCUT2D eigenvalue weighted by Gasteiger charge is -2.23. The SMILES string of the molecule is CCC/C=C/c1ccc(C(=O)NC(C)(C)CO)cc1. The van der Waals surface area contributed by atoms with Gasteiger partial charge in [-0.3, -0.25) is 4.79 Å². The highest BCUT2D eigenvalue weighted by molar-refractivity contribution is 5.94. The highest BCUT2D eigenvalue weighted by Crippen LogP contribution is 2.09. The van der Waals surface area contributed by atoms with Crippen LogP contribution in [0.3, 0.4) is 0 Å². The molecule has 1 aromatic rings. The van der Waals surface area contributed by atoms with E-state index in [9.17, 15) is 4.79 Å². The molecule has 1 rings (SSSR count). The summed E-state index contributed by atoms with van der Waals surface area (Å²) in [6, 6.07) is 7.45. The number of allylic oxidation sites excluding steroid dienone is 1. The number of hydrogen-bond donors (Lipinski definition) is 2. The van der Waals surface area contributed by atoms with E-state index >= 15 is 0 Å². The largest absolute Gasteiger partial charge is 0.394 e. The quantitative estimate of drug-likeness (QED) is 0.827. The van der Waals surface area contributed by atoms with Crippen molar-refractivity contribution in [3.63, 3.8) is 0 Å². The van der Waals surface area contributed by atoms with E-state index in [2.05, 4.69) is 24.4 Å². The smallest absolute Gasteiger partial charge is 0.251 e. The van der Waals surface area contributed by atoms with Crippen LogP contribution in [-0.4, -0.2) is 23.2 Å². The summed E-state index contributed by atoms with van der Waals surface area (Å²) >= 11 is 0. The van der Waals surface area contributed by atoms with Crippen LogP contribution < -0.4 is 5.32 Å². The minimum atomic E-state index is -0.600. The number of hydrogen-bond acceptors (Lipinski definition) is 2. The van der Waals surface area contributed by atoms with E-state index in [0.29, 0.717) is 5.56 Å². The van der Waals surface area contributed by atoms with Crippen LogP contribution in [0, 0.1) is 0 Å². The van der Waals surface area contributed by atoms with E-state index < -0.39 is 5.54 Å². The first-order chi connectivity index (χ1) is 8.98. The Balaban J connectivity index is 2.68. The van der Waals surface area contributed by atoms with Crippen LogP contribution in [0.25, 0.3) is 6.08 Å². The molecule has 0 saturated carbocycles. The number of unbranched alkanes of at least 4 members (excludes halogenated alkanes) is 1. The maximum Gasteiger partial charge on any atom is 0.251 e. The minimum absolute atomic E-state index is 0.0867. The van der Waals surface area contributed by atoms with Crippen molar-refractivity contribution < 1.29 is 9.90 Å². The number of benzene rings is 1. The fourth-order valence-electron chi connectivity index (χ4n) is 1.55. The normalized spacial score (nSPS) is 11.8. The molecule has 0 saturated heterocycles. The van der Waals surface area contributed by atoms with Crippen molar-refractivity contribution in [2.45, 2.75) is 39.2 Å². The first kappa shape index (κ1) is 15.4. The molecular formula is C16H23NO2. The molecular weight excluding hydrogens is 238 g/mol. The van der Waals surface area contributed by atoms with Gasteiger partial charge in [0, 0.05) is 5.56 Å². The highest BCUT2D eigenvalue weighted by atomic mass is 16.3. The molecule has 2 N–H and O–H groups in total. The molecule has 0 aliphatic heterocycles. The molecule has 0 atom stereocenters. The fraction of sp³-hybridized carbons (Fsp3) is 0.438. The number of aliphatic hydroxyl groups excluding tert-OH is 1. The molecule has 0 spiro atoms. The van der Waals surface area contributed by atoms with Gasteiger partial charge >= 0.3 is 0 Å². The van der Waals surface area contributed by atoms with Crippen molar-refractivity contribution in [1.82, 2.24) is 5.32 Å². The standard InChI is InChI=1S/C16H23NO2/c1-4-5-6-7-13-8-10-14(11-9-13)15(19)17-16(2,3)12-18/h6-11,18H,4-5,12H2,1-3H3,(H,17,19)/b7-6+. The minimum Gasteiger partial charge on any atom is -0.394 e. The van der Waals surface area contributed by atoms with Gasteiger partial charge < -0.3 is 10.4 Å². The van der Waals surface area contributed by atoms with E-state index in [-0.39, 0.29) is 12.5 Å². The molecule has 1 aromatic carbocycles. The van der Waals surface area contributed by atoms with Crippen LogP contribution in [0.5, 0.6) is 0 Å². The second-order valence-corrected chi connectivity index (χ2v) is 5.31. The van der Waals surface area contributed by atoms with Crippen LogP contribution >= 0.6 is 0 Å². The Hall–Kier alpha value is -1.61. The zero-order valence-electron chi connectivity index (χ0n) is 11.9. The Kier molecular flexibility index (Phi) is 5.77. The Labute approximate surface area is 115 Å². The molecule has 0 aliphatic rings. The Morgan fingerprint density at radius 1 is 1.32 bits per heavy atom. The van der Waals surface area contributed by atoms with Crippen molar-refractivity contribution in [3.8, 4) is 0 Å². The zero-order valence-corrected chi connectivity index (χ0v) is 11.9. The van der Waals surface area contributed by atoms with Gasteiger partial charge in [-0.1, -0.05) is 37.6 Å². The molecule has 3 heteroatoms. The molecule has 19 heavy (non-hydrogen) atoms. The van der Waals surface area contributed by atoms with Crippen LogP contribution in [0.2, 0.25) is 0 Å². The number of carbonyl (C=O) groups excluding carboxylic acids is 1. The van der Waals surface area contributed by atoms with Crippen LogP contribution in [0.4, 0.5) is 0 Å². The Morgan fingerprint density at radius 3 is 2.47 bits per heavy atom. The molecule has 0 bridgehead atoms. The molecule has 0 radical (unpaired) electrons. The third kappa shape index (κ3) is 5.26. The number of aliphatic hydroxyl groups is 1. The zero-order chi connectivity index (χ0) is 14.3. The van der Waals surface area contributed by atoms with Gasteiger partial charge in [-0.25, -0.2) is 0 Å². The summed E-state index contributed by atoms with van der Waals surface area (Å²) in [7, 11) is 0. The summed E-state index contributed by atoms with van der Waals surface area (Å²) in [6.45, 7) is 5.62. The lowest BCUT2D eigenvalue weighted by atomic mass is 10.1. The number of amides is 1. The Morgan fingerprint density at radius 2 is 1.95 bits per heavy atom. The van der Waals surface area contributed by atoms with E-state index in [1.807, 2.05) is 12.1 Å². The number of nitrogens with one attached hydrogen (secondary N) is 1. The lowest BCUT2D eigenvalue weighted by molar-refractivity contribution is 0.0869. The number of rotatable bonds is 6. The monoisotopic (exact) mass is 261 g/mol. The summed E-state index contributed by atoms with van der Waals surface area (Å²) in [5.41, 5.74) is 1.09. The Bertz CT molecular complexity index is 433. The van der Waals surface area contributed by atoms with E-state index in [0.717, 1.165) is 18.4 Å². The molecule has 0 heterocycles. The maximum atomic E-state index is 12.0. The highest BCUT2D eigenvalue weighted by Gasteiger charge is 2.19. The third-order valence-electron chi connectivity index (χ3n) is 2.79. The van der Waals surface area contributed by atoms with Gasteiger partial charge in [-0.15, -0.1) is 0 Å². The van der Waals surface area contributed by atoms with E-state index in [4.69, 9.17) is 5.11 Å². The molecule has 3 nitrogen and oxygen atoms in total. The average molecular weight is 261 g/mol. The summed E-state index contributed by atoms with van der Waals surface area (Å²) < 4.78 is 0. The van der Waals surface area contributed by atoms with Gasteiger partial charge in [0.15, 0.2) is 0 Å². The van der Waals surface area contributed by atoms with E-state index in [1.165, 1.54) is 0 Å². The predicted molar refractivity (Wildman–Crippen MR) is 79.0 cm³/mol. The molecule has 104 valence electrons. The van der Waals surface area contributed by atoms with Crippen molar-refractivity contribution >= 4 is 12.0 Å². The first-order valence-corrected chi connectivity index (χ1v) is 6.68. The van der Waals surface area contributed by atoms with Crippen LogP contribution in [0.1, 0.15) is 49.5 Å². The summed E-state index contributed by atoms with van der Waals surface area (Å²) in [5, 5.41) is 11.9. The molecule has 0 aliphatic carbocycles. The van der Waals surface area contributed by atoms with Crippen molar-refractivity contribution in [2.75, 3.05) is 6.61 Å². The van der Waals surface area contributed by atoms with Gasteiger partial charge in [-0.2, -0.15) is 0 Å². The molecule has 0 fully saturated rings. The summed E-state index contributed by atoms with van der Waals surface area (Å²) in [6.07, 6.45) is 6.38. The molecule has 0 aromatic heterocycles. The van der Waals surface area contributed by atoms with Crippen LogP contribution in [0.15, 0.2) is 30.3 Å². The van der Waals surface area contributed by atoms with Crippen molar-refractivity contribution in [2.24, 2.45) is 0 Å². The van der Waals surface area contributed by atoms with Gasteiger partial charge in [-0.05, 0) is 38.0 Å². The van der Waals surface area contributed by atoms with Crippen molar-refractivity contribution in [3.05, 3.63) is 41.5 Å². The first-order valence-electron chi connectivity index (χ1n) is 6.68. The second kappa shape index (κ2) is 7.10. The topological polar surface area (TPSA) is 49.3 Å². The third-order valence-corrected chi connectivity index (χ3v) is 2.79. The summed E-state index contributed by atoms with van der Waals surface area (Å²) in [4.78, 5) is 12.0. The second-order valence-electron chi connectivity index (χ2n) is 5.31. The van der Waals surface area contributed by atoms with Gasteiger partial charge in [0.1, 0.15) is 0 Å². The fourth-order valence-corrected chi connectivity index (χ4v) is 1.55. The van der Waals surface area contributed by atoms with E-state index in [1.54, 1.807) is 26.0 Å². The average Bonchev–Trinajstić information content (AvgIpc) is 2.39. The maximum absolute atomic E-state index is 12.0. The van der Waals surface area contributed by atoms with Gasteiger partial charge in [0.25, 0.3) is 5.91 Å². The van der Waals surface area contributed by atoms with Crippen LogP contribution in [-0.2, 0) is 0 Å². The summed E-state index contributed by atoms with van der Waals surface area (Å²) in [5.74, 6) is -0.164. The lowest BCUT2D eigenvalue weighted by Crippen LogP contribution is -2.46. The van der Waals surface area contributed by atoms with Gasteiger partial charge in [0.05, 0.1) is 12.1 Å². The molecule has 1 amide bonds. The van der Waals surface area contributed by atoms with Crippen molar-refractivity contribution in [1.29, 1.82) is 0 Å².